The van der Waals surface area contributed by atoms with Crippen LogP contribution in [0.5, 0.6) is 0 Å². The summed E-state index contributed by atoms with van der Waals surface area (Å²) in [6.07, 6.45) is 7.09. The Bertz CT molecular complexity index is 576. The van der Waals surface area contributed by atoms with E-state index in [1.807, 2.05) is 4.90 Å². The summed E-state index contributed by atoms with van der Waals surface area (Å²) in [4.78, 5) is 16.6. The Balaban J connectivity index is 1.54. The zero-order valence-corrected chi connectivity index (χ0v) is 13.9. The predicted octanol–water partition coefficient (Wildman–Crippen LogP) is 3.48. The number of nitrogens with zero attached hydrogens (tertiary/aromatic N) is 2. The van der Waals surface area contributed by atoms with E-state index in [1.54, 1.807) is 12.1 Å². The average molecular weight is 337 g/mol. The molecule has 0 radical (unpaired) electrons. The topological polar surface area (TPSA) is 23.6 Å². The molecule has 1 saturated heterocycles. The third-order valence-electron chi connectivity index (χ3n) is 4.75. The number of piperazine rings is 1. The van der Waals surface area contributed by atoms with Gasteiger partial charge in [-0.2, -0.15) is 0 Å². The summed E-state index contributed by atoms with van der Waals surface area (Å²) in [5, 5.41) is 0.470. The van der Waals surface area contributed by atoms with Crippen molar-refractivity contribution in [3.8, 4) is 0 Å². The molecule has 3 rings (SSSR count). The Kier molecular flexibility index (Phi) is 5.34. The third kappa shape index (κ3) is 3.93. The van der Waals surface area contributed by atoms with Gasteiger partial charge in [-0.05, 0) is 31.4 Å². The zero-order chi connectivity index (χ0) is 16.2. The van der Waals surface area contributed by atoms with E-state index >= 15 is 0 Å². The summed E-state index contributed by atoms with van der Waals surface area (Å²) in [6.45, 7) is 3.45. The molecule has 2 aliphatic rings. The van der Waals surface area contributed by atoms with Gasteiger partial charge in [-0.25, -0.2) is 4.39 Å². The van der Waals surface area contributed by atoms with Crippen molar-refractivity contribution in [2.45, 2.75) is 25.8 Å². The SMILES string of the molecule is O=C(C1CC=CCC1)N1CCN(Cc2c(F)cccc2Cl)CC1. The van der Waals surface area contributed by atoms with Crippen LogP contribution in [0.4, 0.5) is 4.39 Å². The summed E-state index contributed by atoms with van der Waals surface area (Å²) in [5.41, 5.74) is 0.548. The maximum absolute atomic E-state index is 13.9. The molecule has 1 unspecified atom stereocenters. The van der Waals surface area contributed by atoms with Gasteiger partial charge in [0.2, 0.25) is 5.91 Å². The lowest BCUT2D eigenvalue weighted by Gasteiger charge is -2.36. The van der Waals surface area contributed by atoms with Crippen molar-refractivity contribution in [3.05, 3.63) is 46.8 Å². The van der Waals surface area contributed by atoms with E-state index in [2.05, 4.69) is 17.1 Å². The van der Waals surface area contributed by atoms with E-state index in [4.69, 9.17) is 11.6 Å². The van der Waals surface area contributed by atoms with E-state index in [1.165, 1.54) is 6.07 Å². The van der Waals surface area contributed by atoms with Crippen molar-refractivity contribution >= 4 is 17.5 Å². The van der Waals surface area contributed by atoms with Crippen molar-refractivity contribution in [2.24, 2.45) is 5.92 Å². The molecule has 0 bridgehead atoms. The van der Waals surface area contributed by atoms with Crippen LogP contribution >= 0.6 is 11.6 Å². The molecule has 1 aliphatic heterocycles. The molecule has 1 atom stereocenters. The van der Waals surface area contributed by atoms with Gasteiger partial charge in [0.25, 0.3) is 0 Å². The summed E-state index contributed by atoms with van der Waals surface area (Å²) >= 11 is 6.09. The molecule has 124 valence electrons. The number of allylic oxidation sites excluding steroid dienone is 2. The summed E-state index contributed by atoms with van der Waals surface area (Å²) in [6, 6.07) is 4.78. The minimum absolute atomic E-state index is 0.146. The number of hydrogen-bond acceptors (Lipinski definition) is 2. The first-order chi connectivity index (χ1) is 11.1. The van der Waals surface area contributed by atoms with Crippen LogP contribution in [-0.2, 0) is 11.3 Å². The van der Waals surface area contributed by atoms with E-state index in [0.29, 0.717) is 30.2 Å². The van der Waals surface area contributed by atoms with Crippen molar-refractivity contribution in [1.29, 1.82) is 0 Å². The second-order valence-corrected chi connectivity index (χ2v) is 6.69. The van der Waals surface area contributed by atoms with Crippen LogP contribution in [0.3, 0.4) is 0 Å². The van der Waals surface area contributed by atoms with Crippen molar-refractivity contribution < 1.29 is 9.18 Å². The molecule has 0 spiro atoms. The summed E-state index contributed by atoms with van der Waals surface area (Å²) in [5.74, 6) is 0.162. The highest BCUT2D eigenvalue weighted by Crippen LogP contribution is 2.23. The Morgan fingerprint density at radius 2 is 2.00 bits per heavy atom. The van der Waals surface area contributed by atoms with E-state index in [0.717, 1.165) is 32.4 Å². The molecule has 3 nitrogen and oxygen atoms in total. The van der Waals surface area contributed by atoms with Gasteiger partial charge >= 0.3 is 0 Å². The Hall–Kier alpha value is -1.39. The second kappa shape index (κ2) is 7.45. The molecule has 0 aromatic heterocycles. The molecule has 23 heavy (non-hydrogen) atoms. The number of benzene rings is 1. The number of amides is 1. The van der Waals surface area contributed by atoms with Crippen LogP contribution in [0.25, 0.3) is 0 Å². The number of halogens is 2. The number of rotatable bonds is 3. The highest BCUT2D eigenvalue weighted by Gasteiger charge is 2.27. The molecule has 5 heteroatoms. The van der Waals surface area contributed by atoms with E-state index < -0.39 is 0 Å². The van der Waals surface area contributed by atoms with Gasteiger partial charge in [0, 0.05) is 49.2 Å². The average Bonchev–Trinajstić information content (AvgIpc) is 2.59. The first-order valence-electron chi connectivity index (χ1n) is 8.24. The standard InChI is InChI=1S/C18H22ClFN2O/c19-16-7-4-8-17(20)15(16)13-21-9-11-22(12-10-21)18(23)14-5-2-1-3-6-14/h1-2,4,7-8,14H,3,5-6,9-13H2. The molecule has 1 fully saturated rings. The summed E-state index contributed by atoms with van der Waals surface area (Å²) in [7, 11) is 0. The van der Waals surface area contributed by atoms with E-state index in [-0.39, 0.29) is 17.6 Å². The maximum atomic E-state index is 13.9. The lowest BCUT2D eigenvalue weighted by Crippen LogP contribution is -2.50. The molecule has 1 aromatic rings. The smallest absolute Gasteiger partial charge is 0.226 e. The highest BCUT2D eigenvalue weighted by atomic mass is 35.5. The Morgan fingerprint density at radius 3 is 2.65 bits per heavy atom. The first-order valence-corrected chi connectivity index (χ1v) is 8.62. The van der Waals surface area contributed by atoms with Crippen LogP contribution in [0.15, 0.2) is 30.4 Å². The van der Waals surface area contributed by atoms with Gasteiger partial charge in [0.1, 0.15) is 5.82 Å². The fraction of sp³-hybridized carbons (Fsp3) is 0.500. The normalized spacial score (nSPS) is 22.3. The summed E-state index contributed by atoms with van der Waals surface area (Å²) < 4.78 is 13.9. The molecular formula is C18H22ClFN2O. The highest BCUT2D eigenvalue weighted by molar-refractivity contribution is 6.31. The van der Waals surface area contributed by atoms with Gasteiger partial charge in [-0.15, -0.1) is 0 Å². The molecule has 0 N–H and O–H groups in total. The van der Waals surface area contributed by atoms with Crippen molar-refractivity contribution in [3.63, 3.8) is 0 Å². The van der Waals surface area contributed by atoms with Crippen LogP contribution in [0.2, 0.25) is 5.02 Å². The fourth-order valence-electron chi connectivity index (χ4n) is 3.31. The van der Waals surface area contributed by atoms with Gasteiger partial charge in [0.15, 0.2) is 0 Å². The number of hydrogen-bond donors (Lipinski definition) is 0. The van der Waals surface area contributed by atoms with Crippen molar-refractivity contribution in [1.82, 2.24) is 9.80 Å². The van der Waals surface area contributed by atoms with Gasteiger partial charge < -0.3 is 4.90 Å². The molecule has 0 saturated carbocycles. The third-order valence-corrected chi connectivity index (χ3v) is 5.10. The maximum Gasteiger partial charge on any atom is 0.226 e. The fourth-order valence-corrected chi connectivity index (χ4v) is 3.53. The van der Waals surface area contributed by atoms with Crippen LogP contribution in [0.1, 0.15) is 24.8 Å². The van der Waals surface area contributed by atoms with Gasteiger partial charge in [0.05, 0.1) is 0 Å². The molecular weight excluding hydrogens is 315 g/mol. The van der Waals surface area contributed by atoms with Gasteiger partial charge in [-0.1, -0.05) is 29.8 Å². The molecule has 1 heterocycles. The quantitative estimate of drug-likeness (QED) is 0.789. The number of carbonyl (C=O) groups excluding carboxylic acids is 1. The first kappa shape index (κ1) is 16.5. The molecule has 1 aliphatic carbocycles. The monoisotopic (exact) mass is 336 g/mol. The predicted molar refractivity (Wildman–Crippen MR) is 89.7 cm³/mol. The van der Waals surface area contributed by atoms with Crippen molar-refractivity contribution in [2.75, 3.05) is 26.2 Å². The lowest BCUT2D eigenvalue weighted by atomic mass is 9.93. The Morgan fingerprint density at radius 1 is 1.22 bits per heavy atom. The minimum Gasteiger partial charge on any atom is -0.340 e. The minimum atomic E-state index is -0.259. The molecule has 1 aromatic carbocycles. The van der Waals surface area contributed by atoms with Crippen LogP contribution < -0.4 is 0 Å². The zero-order valence-electron chi connectivity index (χ0n) is 13.2. The van der Waals surface area contributed by atoms with E-state index in [9.17, 15) is 9.18 Å². The lowest BCUT2D eigenvalue weighted by molar-refractivity contribution is -0.137. The van der Waals surface area contributed by atoms with Crippen LogP contribution in [-0.4, -0.2) is 41.9 Å². The molecule has 1 amide bonds. The number of carbonyl (C=O) groups is 1. The van der Waals surface area contributed by atoms with Gasteiger partial charge in [-0.3, -0.25) is 9.69 Å². The Labute approximate surface area is 141 Å². The second-order valence-electron chi connectivity index (χ2n) is 6.28. The largest absolute Gasteiger partial charge is 0.340 e. The van der Waals surface area contributed by atoms with Crippen LogP contribution in [0, 0.1) is 11.7 Å².